The van der Waals surface area contributed by atoms with E-state index in [4.69, 9.17) is 4.74 Å². The Bertz CT molecular complexity index is 1100. The molecular weight excluding hydrogens is 839 g/mol. The van der Waals surface area contributed by atoms with E-state index < -0.39 is 12.1 Å². The lowest BCUT2D eigenvalue weighted by Crippen LogP contribution is -2.45. The number of allylic oxidation sites excluding steroid dienone is 5. The van der Waals surface area contributed by atoms with Crippen molar-refractivity contribution in [3.63, 3.8) is 0 Å². The fourth-order valence-corrected chi connectivity index (χ4v) is 9.21. The summed E-state index contributed by atoms with van der Waals surface area (Å²) in [6.07, 6.45) is 71.7. The van der Waals surface area contributed by atoms with Gasteiger partial charge in [-0.25, -0.2) is 0 Å². The predicted octanol–water partition coefficient (Wildman–Crippen LogP) is 18.8. The zero-order chi connectivity index (χ0) is 49.3. The molecule has 0 heterocycles. The highest BCUT2D eigenvalue weighted by molar-refractivity contribution is 5.76. The van der Waals surface area contributed by atoms with Crippen LogP contribution in [0.25, 0.3) is 0 Å². The molecule has 0 saturated carbocycles. The second-order valence-corrected chi connectivity index (χ2v) is 20.7. The van der Waals surface area contributed by atoms with Crippen LogP contribution < -0.4 is 5.32 Å². The third kappa shape index (κ3) is 53.4. The van der Waals surface area contributed by atoms with E-state index in [9.17, 15) is 19.8 Å². The minimum atomic E-state index is -0.856. The van der Waals surface area contributed by atoms with Gasteiger partial charge < -0.3 is 20.3 Å². The topological polar surface area (TPSA) is 95.9 Å². The maximum absolute atomic E-state index is 12.5. The average molecular weight is 957 g/mol. The quantitative estimate of drug-likeness (QED) is 0.0321. The van der Waals surface area contributed by atoms with Crippen molar-refractivity contribution >= 4 is 11.9 Å². The molecule has 1 amide bonds. The van der Waals surface area contributed by atoms with Gasteiger partial charge >= 0.3 is 5.97 Å². The number of carbonyl (C=O) groups excluding carboxylic acids is 2. The van der Waals surface area contributed by atoms with Gasteiger partial charge in [0, 0.05) is 12.8 Å². The Kier molecular flexibility index (Phi) is 56.0. The van der Waals surface area contributed by atoms with Gasteiger partial charge in [0.15, 0.2) is 0 Å². The van der Waals surface area contributed by atoms with Crippen LogP contribution in [-0.2, 0) is 14.3 Å². The van der Waals surface area contributed by atoms with Gasteiger partial charge in [0.2, 0.25) is 5.91 Å². The fourth-order valence-electron chi connectivity index (χ4n) is 9.21. The number of hydrogen-bond donors (Lipinski definition) is 3. The monoisotopic (exact) mass is 956 g/mol. The summed E-state index contributed by atoms with van der Waals surface area (Å²) in [5, 5.41) is 23.2. The van der Waals surface area contributed by atoms with Crippen molar-refractivity contribution in [3.8, 4) is 0 Å². The van der Waals surface area contributed by atoms with E-state index in [-0.39, 0.29) is 18.5 Å². The zero-order valence-corrected chi connectivity index (χ0v) is 45.6. The second kappa shape index (κ2) is 57.7. The smallest absolute Gasteiger partial charge is 0.305 e. The normalized spacial score (nSPS) is 12.8. The van der Waals surface area contributed by atoms with Crippen LogP contribution >= 0.6 is 0 Å². The first-order valence-corrected chi connectivity index (χ1v) is 30.3. The van der Waals surface area contributed by atoms with E-state index in [1.54, 1.807) is 6.08 Å². The summed E-state index contributed by atoms with van der Waals surface area (Å²) in [5.74, 6) is -0.101. The average Bonchev–Trinajstić information content (AvgIpc) is 3.34. The number of carbonyl (C=O) groups is 2. The maximum atomic E-state index is 12.5. The molecule has 0 aromatic rings. The third-order valence-corrected chi connectivity index (χ3v) is 13.9. The maximum Gasteiger partial charge on any atom is 0.305 e. The molecule has 0 saturated heterocycles. The first-order chi connectivity index (χ1) is 33.5. The Balaban J connectivity index is 3.51. The Hall–Kier alpha value is -1.92. The Morgan fingerprint density at radius 3 is 1.06 bits per heavy atom. The molecule has 2 atom stereocenters. The number of esters is 1. The number of aliphatic hydroxyl groups is 2. The third-order valence-electron chi connectivity index (χ3n) is 13.9. The number of rotatable bonds is 56. The first kappa shape index (κ1) is 66.1. The molecule has 0 radical (unpaired) electrons. The highest BCUT2D eigenvalue weighted by Crippen LogP contribution is 2.17. The summed E-state index contributed by atoms with van der Waals surface area (Å²) in [6.45, 7) is 4.86. The molecule has 6 nitrogen and oxygen atoms in total. The van der Waals surface area contributed by atoms with E-state index in [1.165, 1.54) is 225 Å². The van der Waals surface area contributed by atoms with Gasteiger partial charge in [-0.15, -0.1) is 0 Å². The highest BCUT2D eigenvalue weighted by atomic mass is 16.5. The summed E-state index contributed by atoms with van der Waals surface area (Å²) in [7, 11) is 0. The Morgan fingerprint density at radius 2 is 0.691 bits per heavy atom. The molecule has 0 fully saturated rings. The fraction of sp³-hybridized carbons (Fsp3) is 0.871. The van der Waals surface area contributed by atoms with Gasteiger partial charge in [0.05, 0.1) is 25.4 Å². The van der Waals surface area contributed by atoms with Crippen molar-refractivity contribution in [2.24, 2.45) is 0 Å². The van der Waals surface area contributed by atoms with Gasteiger partial charge in [0.25, 0.3) is 0 Å². The standard InChI is InChI=1S/C62H117NO5/c1-3-5-7-9-11-13-15-17-18-19-20-21-22-23-24-25-27-31-34-38-42-46-50-54-60(65)59(58-64)63-61(66)55-51-47-43-39-35-32-28-26-29-33-37-41-45-49-53-57-68-62(67)56-52-48-44-40-36-30-16-14-12-10-8-6-4-2/h14,16,29,33,50,54,59-60,64-65H,3-13,15,17-28,30-32,34-49,51-53,55-58H2,1-2H3,(H,63,66)/b16-14-,33-29-,54-50+. The zero-order valence-electron chi connectivity index (χ0n) is 45.6. The van der Waals surface area contributed by atoms with Crippen LogP contribution in [0.1, 0.15) is 322 Å². The molecule has 0 aromatic heterocycles. The summed E-state index contributed by atoms with van der Waals surface area (Å²) in [4.78, 5) is 24.5. The van der Waals surface area contributed by atoms with Crippen LogP contribution in [-0.4, -0.2) is 47.4 Å². The summed E-state index contributed by atoms with van der Waals surface area (Å²) in [5.41, 5.74) is 0. The van der Waals surface area contributed by atoms with Gasteiger partial charge in [-0.05, 0) is 83.5 Å². The van der Waals surface area contributed by atoms with Crippen molar-refractivity contribution in [3.05, 3.63) is 36.5 Å². The number of nitrogens with one attached hydrogen (secondary N) is 1. The second-order valence-electron chi connectivity index (χ2n) is 20.7. The Labute approximate surface area is 424 Å². The number of hydrogen-bond acceptors (Lipinski definition) is 5. The number of unbranched alkanes of at least 4 members (excludes halogenated alkanes) is 41. The molecule has 0 aliphatic carbocycles. The highest BCUT2D eigenvalue weighted by Gasteiger charge is 2.18. The van der Waals surface area contributed by atoms with E-state index >= 15 is 0 Å². The summed E-state index contributed by atoms with van der Waals surface area (Å²) in [6, 6.07) is -0.641. The van der Waals surface area contributed by atoms with Crippen LogP contribution in [0, 0.1) is 0 Å². The molecule has 0 aliphatic heterocycles. The number of ether oxygens (including phenoxy) is 1. The summed E-state index contributed by atoms with van der Waals surface area (Å²) < 4.78 is 5.45. The van der Waals surface area contributed by atoms with Gasteiger partial charge in [-0.2, -0.15) is 0 Å². The SMILES string of the molecule is CCCCCC/C=C\CCCCCCCC(=O)OCCCCCC/C=C\CCCCCCCCCC(=O)NC(CO)C(O)/C=C/CCCCCCCCCCCCCCCCCCCCCCC. The molecule has 6 heteroatoms. The van der Waals surface area contributed by atoms with Crippen LogP contribution in [0.15, 0.2) is 36.5 Å². The molecule has 0 aliphatic rings. The van der Waals surface area contributed by atoms with Crippen LogP contribution in [0.2, 0.25) is 0 Å². The van der Waals surface area contributed by atoms with Crippen LogP contribution in [0.4, 0.5) is 0 Å². The van der Waals surface area contributed by atoms with Crippen LogP contribution in [0.3, 0.4) is 0 Å². The van der Waals surface area contributed by atoms with Crippen molar-refractivity contribution in [1.82, 2.24) is 5.32 Å². The van der Waals surface area contributed by atoms with Gasteiger partial charge in [-0.1, -0.05) is 262 Å². The van der Waals surface area contributed by atoms with Crippen molar-refractivity contribution in [2.45, 2.75) is 334 Å². The number of amides is 1. The lowest BCUT2D eigenvalue weighted by molar-refractivity contribution is -0.143. The predicted molar refractivity (Wildman–Crippen MR) is 296 cm³/mol. The lowest BCUT2D eigenvalue weighted by Gasteiger charge is -2.20. The largest absolute Gasteiger partial charge is 0.466 e. The van der Waals surface area contributed by atoms with Gasteiger partial charge in [0.1, 0.15) is 0 Å². The molecule has 400 valence electrons. The Morgan fingerprint density at radius 1 is 0.397 bits per heavy atom. The van der Waals surface area contributed by atoms with E-state index in [2.05, 4.69) is 43.5 Å². The van der Waals surface area contributed by atoms with Crippen molar-refractivity contribution in [1.29, 1.82) is 0 Å². The molecule has 2 unspecified atom stereocenters. The minimum absolute atomic E-state index is 0.0203. The molecule has 0 bridgehead atoms. The number of aliphatic hydroxyl groups excluding tert-OH is 2. The van der Waals surface area contributed by atoms with Crippen molar-refractivity contribution < 1.29 is 24.5 Å². The molecule has 0 rings (SSSR count). The van der Waals surface area contributed by atoms with Crippen molar-refractivity contribution in [2.75, 3.05) is 13.2 Å². The molecule has 68 heavy (non-hydrogen) atoms. The molecule has 0 spiro atoms. The first-order valence-electron chi connectivity index (χ1n) is 30.3. The molecule has 0 aromatic carbocycles. The lowest BCUT2D eigenvalue weighted by atomic mass is 10.0. The van der Waals surface area contributed by atoms with E-state index in [0.29, 0.717) is 19.4 Å². The van der Waals surface area contributed by atoms with Gasteiger partial charge in [-0.3, -0.25) is 9.59 Å². The molecule has 3 N–H and O–H groups in total. The van der Waals surface area contributed by atoms with E-state index in [1.807, 2.05) is 6.08 Å². The minimum Gasteiger partial charge on any atom is -0.466 e. The van der Waals surface area contributed by atoms with Crippen LogP contribution in [0.5, 0.6) is 0 Å². The van der Waals surface area contributed by atoms with E-state index in [0.717, 1.165) is 70.6 Å². The summed E-state index contributed by atoms with van der Waals surface area (Å²) >= 11 is 0. The molecular formula is C62H117NO5.